The second-order valence-corrected chi connectivity index (χ2v) is 6.74. The highest BCUT2D eigenvalue weighted by Crippen LogP contribution is 2.24. The van der Waals surface area contributed by atoms with Gasteiger partial charge in [0, 0.05) is 49.2 Å². The van der Waals surface area contributed by atoms with Crippen molar-refractivity contribution in [1.29, 1.82) is 5.26 Å². The number of nitrogens with two attached hydrogens (primary N) is 1. The summed E-state index contributed by atoms with van der Waals surface area (Å²) >= 11 is 0. The van der Waals surface area contributed by atoms with E-state index in [2.05, 4.69) is 41.2 Å². The summed E-state index contributed by atoms with van der Waals surface area (Å²) in [7, 11) is 0. The van der Waals surface area contributed by atoms with Gasteiger partial charge in [-0.3, -0.25) is 4.68 Å². The summed E-state index contributed by atoms with van der Waals surface area (Å²) in [6.45, 7) is 5.63. The lowest BCUT2D eigenvalue weighted by Gasteiger charge is -2.09. The maximum absolute atomic E-state index is 9.25. The van der Waals surface area contributed by atoms with Crippen LogP contribution in [0, 0.1) is 17.2 Å². The second kappa shape index (κ2) is 7.89. The maximum atomic E-state index is 9.25. The van der Waals surface area contributed by atoms with Crippen molar-refractivity contribution in [3.8, 4) is 17.5 Å². The van der Waals surface area contributed by atoms with E-state index in [1.54, 1.807) is 18.5 Å². The molecule has 0 amide bonds. The number of nitriles is 1. The first-order chi connectivity index (χ1) is 12.6. The van der Waals surface area contributed by atoms with Crippen LogP contribution in [0.1, 0.15) is 36.1 Å². The molecule has 3 aromatic rings. The summed E-state index contributed by atoms with van der Waals surface area (Å²) in [6, 6.07) is 7.80. The van der Waals surface area contributed by atoms with Crippen molar-refractivity contribution in [1.82, 2.24) is 19.7 Å². The topological polar surface area (TPSA) is 93.4 Å². The average molecular weight is 346 g/mol. The van der Waals surface area contributed by atoms with Gasteiger partial charge in [-0.15, -0.1) is 0 Å². The highest BCUT2D eigenvalue weighted by molar-refractivity contribution is 5.62. The summed E-state index contributed by atoms with van der Waals surface area (Å²) in [5.74, 6) is 1.17. The Morgan fingerprint density at radius 1 is 1.15 bits per heavy atom. The standard InChI is InChI=1S/C20H22N6/c1-14(2)12-26-13-16(11-25-26)6-18-5-15(7-21)3-4-19(18)20-23-9-17(8-22)10-24-20/h3-5,9-11,13-14H,6,8,12,22H2,1-2H3. The van der Waals surface area contributed by atoms with Gasteiger partial charge >= 0.3 is 0 Å². The summed E-state index contributed by atoms with van der Waals surface area (Å²) in [6.07, 6.45) is 8.09. The van der Waals surface area contributed by atoms with E-state index >= 15 is 0 Å². The fourth-order valence-electron chi connectivity index (χ4n) is 2.82. The molecular weight excluding hydrogens is 324 g/mol. The lowest BCUT2D eigenvalue weighted by Crippen LogP contribution is -2.04. The highest BCUT2D eigenvalue weighted by Gasteiger charge is 2.11. The smallest absolute Gasteiger partial charge is 0.159 e. The third kappa shape index (κ3) is 4.13. The molecule has 0 saturated heterocycles. The molecule has 2 aromatic heterocycles. The van der Waals surface area contributed by atoms with Gasteiger partial charge in [0.05, 0.1) is 17.8 Å². The Kier molecular flexibility index (Phi) is 5.40. The van der Waals surface area contributed by atoms with Crippen molar-refractivity contribution in [3.63, 3.8) is 0 Å². The molecule has 26 heavy (non-hydrogen) atoms. The predicted octanol–water partition coefficient (Wildman–Crippen LogP) is 2.92. The first-order valence-electron chi connectivity index (χ1n) is 8.64. The van der Waals surface area contributed by atoms with E-state index in [1.165, 1.54) is 0 Å². The highest BCUT2D eigenvalue weighted by atomic mass is 15.3. The minimum absolute atomic E-state index is 0.412. The van der Waals surface area contributed by atoms with Gasteiger partial charge in [0.2, 0.25) is 0 Å². The Morgan fingerprint density at radius 2 is 1.92 bits per heavy atom. The number of rotatable bonds is 6. The lowest BCUT2D eigenvalue weighted by atomic mass is 9.98. The molecule has 0 unspecified atom stereocenters. The van der Waals surface area contributed by atoms with Gasteiger partial charge in [0.15, 0.2) is 5.82 Å². The molecule has 3 rings (SSSR count). The molecular formula is C20H22N6. The molecule has 0 atom stereocenters. The van der Waals surface area contributed by atoms with Crippen molar-refractivity contribution < 1.29 is 0 Å². The van der Waals surface area contributed by atoms with Gasteiger partial charge in [-0.1, -0.05) is 13.8 Å². The van der Waals surface area contributed by atoms with Crippen LogP contribution in [0.4, 0.5) is 0 Å². The largest absolute Gasteiger partial charge is 0.326 e. The van der Waals surface area contributed by atoms with E-state index in [0.29, 0.717) is 30.3 Å². The zero-order valence-corrected chi connectivity index (χ0v) is 15.1. The van der Waals surface area contributed by atoms with E-state index in [1.807, 2.05) is 23.0 Å². The van der Waals surface area contributed by atoms with Crippen LogP contribution in [-0.4, -0.2) is 19.7 Å². The van der Waals surface area contributed by atoms with Gasteiger partial charge in [0.25, 0.3) is 0 Å². The normalized spacial score (nSPS) is 10.9. The minimum Gasteiger partial charge on any atom is -0.326 e. The van der Waals surface area contributed by atoms with Crippen LogP contribution in [-0.2, 0) is 19.5 Å². The van der Waals surface area contributed by atoms with Crippen molar-refractivity contribution in [2.24, 2.45) is 11.7 Å². The first kappa shape index (κ1) is 17.8. The summed E-state index contributed by atoms with van der Waals surface area (Å²) in [4.78, 5) is 8.85. The predicted molar refractivity (Wildman–Crippen MR) is 99.9 cm³/mol. The Bertz CT molecular complexity index is 918. The van der Waals surface area contributed by atoms with Crippen LogP contribution in [0.25, 0.3) is 11.4 Å². The monoisotopic (exact) mass is 346 g/mol. The Morgan fingerprint density at radius 3 is 2.58 bits per heavy atom. The Labute approximate surface area is 153 Å². The van der Waals surface area contributed by atoms with Crippen molar-refractivity contribution in [2.75, 3.05) is 0 Å². The third-order valence-electron chi connectivity index (χ3n) is 4.05. The van der Waals surface area contributed by atoms with Gasteiger partial charge in [-0.05, 0) is 35.2 Å². The third-order valence-corrected chi connectivity index (χ3v) is 4.05. The lowest BCUT2D eigenvalue weighted by molar-refractivity contribution is 0.483. The molecule has 2 N–H and O–H groups in total. The SMILES string of the molecule is CC(C)Cn1cc(Cc2cc(C#N)ccc2-c2ncc(CN)cn2)cn1. The number of aromatic nitrogens is 4. The van der Waals surface area contributed by atoms with Crippen LogP contribution in [0.3, 0.4) is 0 Å². The first-order valence-corrected chi connectivity index (χ1v) is 8.64. The van der Waals surface area contributed by atoms with Crippen LogP contribution < -0.4 is 5.73 Å². The number of nitrogens with zero attached hydrogens (tertiary/aromatic N) is 5. The molecule has 0 bridgehead atoms. The molecule has 0 saturated carbocycles. The van der Waals surface area contributed by atoms with Crippen molar-refractivity contribution in [3.05, 3.63) is 65.2 Å². The average Bonchev–Trinajstić information content (AvgIpc) is 3.08. The van der Waals surface area contributed by atoms with Crippen LogP contribution in [0.5, 0.6) is 0 Å². The molecule has 0 aliphatic rings. The van der Waals surface area contributed by atoms with Gasteiger partial charge < -0.3 is 5.73 Å². The zero-order chi connectivity index (χ0) is 18.5. The van der Waals surface area contributed by atoms with Crippen LogP contribution in [0.15, 0.2) is 43.0 Å². The molecule has 0 spiro atoms. The number of benzene rings is 1. The maximum Gasteiger partial charge on any atom is 0.159 e. The van der Waals surface area contributed by atoms with E-state index in [0.717, 1.165) is 28.8 Å². The quantitative estimate of drug-likeness (QED) is 0.740. The van der Waals surface area contributed by atoms with E-state index in [4.69, 9.17) is 5.73 Å². The van der Waals surface area contributed by atoms with E-state index in [-0.39, 0.29) is 0 Å². The van der Waals surface area contributed by atoms with Crippen molar-refractivity contribution >= 4 is 0 Å². The van der Waals surface area contributed by atoms with Crippen LogP contribution in [0.2, 0.25) is 0 Å². The molecule has 6 heteroatoms. The zero-order valence-electron chi connectivity index (χ0n) is 15.1. The molecule has 2 heterocycles. The molecule has 0 radical (unpaired) electrons. The van der Waals surface area contributed by atoms with Gasteiger partial charge in [-0.25, -0.2) is 9.97 Å². The van der Waals surface area contributed by atoms with E-state index < -0.39 is 0 Å². The number of hydrogen-bond acceptors (Lipinski definition) is 5. The summed E-state index contributed by atoms with van der Waals surface area (Å²) in [5, 5.41) is 13.7. The Hall–Kier alpha value is -3.04. The summed E-state index contributed by atoms with van der Waals surface area (Å²) < 4.78 is 1.96. The molecule has 6 nitrogen and oxygen atoms in total. The molecule has 1 aromatic carbocycles. The van der Waals surface area contributed by atoms with Gasteiger partial charge in [0.1, 0.15) is 0 Å². The molecule has 0 aliphatic heterocycles. The number of hydrogen-bond donors (Lipinski definition) is 1. The van der Waals surface area contributed by atoms with E-state index in [9.17, 15) is 5.26 Å². The van der Waals surface area contributed by atoms with Gasteiger partial charge in [-0.2, -0.15) is 10.4 Å². The minimum atomic E-state index is 0.412. The molecule has 132 valence electrons. The molecule has 0 fully saturated rings. The Balaban J connectivity index is 1.93. The fraction of sp³-hybridized carbons (Fsp3) is 0.300. The summed E-state index contributed by atoms with van der Waals surface area (Å²) in [5.41, 5.74) is 10.2. The van der Waals surface area contributed by atoms with Crippen LogP contribution >= 0.6 is 0 Å². The second-order valence-electron chi connectivity index (χ2n) is 6.74. The molecule has 0 aliphatic carbocycles. The van der Waals surface area contributed by atoms with Crippen molar-refractivity contribution in [2.45, 2.75) is 33.4 Å². The fourth-order valence-corrected chi connectivity index (χ4v) is 2.82.